The highest BCUT2D eigenvalue weighted by molar-refractivity contribution is 5.59. The van der Waals surface area contributed by atoms with Gasteiger partial charge in [-0.1, -0.05) is 26.2 Å². The molecule has 0 radical (unpaired) electrons. The number of aliphatic hydroxyl groups excluding tert-OH is 1. The highest BCUT2D eigenvalue weighted by atomic mass is 16.3. The summed E-state index contributed by atoms with van der Waals surface area (Å²) in [4.78, 5) is 0. The van der Waals surface area contributed by atoms with Crippen molar-refractivity contribution in [2.75, 3.05) is 6.61 Å². The Morgan fingerprint density at radius 1 is 0.947 bits per heavy atom. The first-order valence-corrected chi connectivity index (χ1v) is 6.99. The second-order valence-electron chi connectivity index (χ2n) is 4.77. The van der Waals surface area contributed by atoms with Crippen LogP contribution in [0.3, 0.4) is 0 Å². The van der Waals surface area contributed by atoms with Gasteiger partial charge in [-0.25, -0.2) is 0 Å². The van der Waals surface area contributed by atoms with Gasteiger partial charge < -0.3 is 5.11 Å². The number of rotatable bonds is 8. The van der Waals surface area contributed by atoms with E-state index in [1.54, 1.807) is 4.68 Å². The third kappa shape index (κ3) is 3.92. The van der Waals surface area contributed by atoms with Gasteiger partial charge in [0.2, 0.25) is 0 Å². The van der Waals surface area contributed by atoms with Crippen molar-refractivity contribution in [2.45, 2.75) is 45.7 Å². The van der Waals surface area contributed by atoms with E-state index in [1.165, 1.54) is 25.7 Å². The Labute approximate surface area is 113 Å². The van der Waals surface area contributed by atoms with Gasteiger partial charge in [0.15, 0.2) is 0 Å². The molecule has 2 heterocycles. The first-order valence-electron chi connectivity index (χ1n) is 6.99. The van der Waals surface area contributed by atoms with Crippen molar-refractivity contribution in [3.8, 4) is 11.1 Å². The van der Waals surface area contributed by atoms with Gasteiger partial charge in [-0.2, -0.15) is 10.2 Å². The summed E-state index contributed by atoms with van der Waals surface area (Å²) >= 11 is 0. The molecule has 5 nitrogen and oxygen atoms in total. The van der Waals surface area contributed by atoms with Crippen LogP contribution in [0.25, 0.3) is 11.1 Å². The number of nitrogens with zero attached hydrogens (tertiary/aromatic N) is 4. The van der Waals surface area contributed by atoms with Gasteiger partial charge in [0.25, 0.3) is 0 Å². The molecular weight excluding hydrogens is 240 g/mol. The summed E-state index contributed by atoms with van der Waals surface area (Å²) in [5, 5.41) is 17.4. The van der Waals surface area contributed by atoms with Gasteiger partial charge in [-0.05, 0) is 6.42 Å². The molecule has 1 N–H and O–H groups in total. The molecule has 0 aromatic carbocycles. The molecule has 0 bridgehead atoms. The van der Waals surface area contributed by atoms with E-state index in [-0.39, 0.29) is 6.61 Å². The Hall–Kier alpha value is -1.62. The molecule has 0 saturated heterocycles. The van der Waals surface area contributed by atoms with Crippen LogP contribution in [0.2, 0.25) is 0 Å². The van der Waals surface area contributed by atoms with Gasteiger partial charge >= 0.3 is 0 Å². The molecule has 2 aromatic rings. The van der Waals surface area contributed by atoms with Gasteiger partial charge in [0.05, 0.1) is 25.5 Å². The van der Waals surface area contributed by atoms with Crippen LogP contribution in [0, 0.1) is 0 Å². The summed E-state index contributed by atoms with van der Waals surface area (Å²) in [5.74, 6) is 0. The molecule has 0 saturated carbocycles. The van der Waals surface area contributed by atoms with Gasteiger partial charge in [-0.3, -0.25) is 9.36 Å². The molecule has 2 rings (SSSR count). The molecule has 0 aliphatic rings. The predicted molar refractivity (Wildman–Crippen MR) is 74.7 cm³/mol. The van der Waals surface area contributed by atoms with E-state index in [4.69, 9.17) is 5.11 Å². The Morgan fingerprint density at radius 3 is 2.16 bits per heavy atom. The highest BCUT2D eigenvalue weighted by Gasteiger charge is 2.04. The minimum Gasteiger partial charge on any atom is -0.394 e. The molecular formula is C14H22N4O. The lowest BCUT2D eigenvalue weighted by atomic mass is 10.2. The van der Waals surface area contributed by atoms with Gasteiger partial charge in [0, 0.05) is 30.1 Å². The average Bonchev–Trinajstić information content (AvgIpc) is 3.04. The Balaban J connectivity index is 1.91. The Bertz CT molecular complexity index is 489. The van der Waals surface area contributed by atoms with Crippen LogP contribution < -0.4 is 0 Å². The van der Waals surface area contributed by atoms with Crippen LogP contribution >= 0.6 is 0 Å². The molecule has 0 spiro atoms. The molecule has 2 aromatic heterocycles. The Kier molecular flexibility index (Phi) is 5.15. The van der Waals surface area contributed by atoms with Crippen LogP contribution in [-0.2, 0) is 13.1 Å². The average molecular weight is 262 g/mol. The smallest absolute Gasteiger partial charge is 0.0641 e. The van der Waals surface area contributed by atoms with E-state index in [2.05, 4.69) is 23.3 Å². The summed E-state index contributed by atoms with van der Waals surface area (Å²) in [7, 11) is 0. The van der Waals surface area contributed by atoms with Crippen molar-refractivity contribution in [2.24, 2.45) is 0 Å². The molecule has 0 unspecified atom stereocenters. The topological polar surface area (TPSA) is 55.9 Å². The number of aromatic nitrogens is 4. The molecule has 0 amide bonds. The summed E-state index contributed by atoms with van der Waals surface area (Å²) < 4.78 is 3.74. The van der Waals surface area contributed by atoms with E-state index >= 15 is 0 Å². The minimum atomic E-state index is 0.109. The zero-order valence-corrected chi connectivity index (χ0v) is 11.5. The van der Waals surface area contributed by atoms with Gasteiger partial charge in [0.1, 0.15) is 0 Å². The maximum atomic E-state index is 8.87. The predicted octanol–water partition coefficient (Wildman–Crippen LogP) is 2.32. The summed E-state index contributed by atoms with van der Waals surface area (Å²) in [6, 6.07) is 0. The third-order valence-electron chi connectivity index (χ3n) is 3.17. The lowest BCUT2D eigenvalue weighted by molar-refractivity contribution is 0.269. The maximum Gasteiger partial charge on any atom is 0.0641 e. The first kappa shape index (κ1) is 13.8. The zero-order chi connectivity index (χ0) is 13.5. The lowest BCUT2D eigenvalue weighted by Gasteiger charge is -1.99. The summed E-state index contributed by atoms with van der Waals surface area (Å²) in [5.41, 5.74) is 2.13. The molecule has 5 heteroatoms. The molecule has 0 aliphatic carbocycles. The number of aryl methyl sites for hydroxylation is 1. The zero-order valence-electron chi connectivity index (χ0n) is 11.5. The molecule has 19 heavy (non-hydrogen) atoms. The van der Waals surface area contributed by atoms with Crippen LogP contribution in [-0.4, -0.2) is 31.3 Å². The molecule has 0 fully saturated rings. The van der Waals surface area contributed by atoms with Crippen molar-refractivity contribution < 1.29 is 5.11 Å². The van der Waals surface area contributed by atoms with Crippen molar-refractivity contribution in [3.63, 3.8) is 0 Å². The lowest BCUT2D eigenvalue weighted by Crippen LogP contribution is -2.01. The van der Waals surface area contributed by atoms with E-state index in [0.717, 1.165) is 17.7 Å². The second-order valence-corrected chi connectivity index (χ2v) is 4.77. The first-order chi connectivity index (χ1) is 9.33. The van der Waals surface area contributed by atoms with Crippen molar-refractivity contribution >= 4 is 0 Å². The fourth-order valence-corrected chi connectivity index (χ4v) is 2.07. The fourth-order valence-electron chi connectivity index (χ4n) is 2.07. The summed E-state index contributed by atoms with van der Waals surface area (Å²) in [6.45, 7) is 3.84. The molecule has 104 valence electrons. The van der Waals surface area contributed by atoms with Crippen LogP contribution in [0.5, 0.6) is 0 Å². The quantitative estimate of drug-likeness (QED) is 0.743. The molecule has 0 aliphatic heterocycles. The highest BCUT2D eigenvalue weighted by Crippen LogP contribution is 2.17. The largest absolute Gasteiger partial charge is 0.394 e. The number of unbranched alkanes of at least 4 members (excludes halogenated alkanes) is 3. The van der Waals surface area contributed by atoms with E-state index in [0.29, 0.717) is 6.54 Å². The molecule has 0 atom stereocenters. The Morgan fingerprint density at radius 2 is 1.58 bits per heavy atom. The van der Waals surface area contributed by atoms with Gasteiger partial charge in [-0.15, -0.1) is 0 Å². The standard InChI is InChI=1S/C14H22N4O/c1-2-3-4-5-6-17-11-13(9-15-17)14-10-16-18(12-14)7-8-19/h9-12,19H,2-8H2,1H3. The fraction of sp³-hybridized carbons (Fsp3) is 0.571. The van der Waals surface area contributed by atoms with E-state index < -0.39 is 0 Å². The SMILES string of the molecule is CCCCCCn1cc(-c2cnn(CCO)c2)cn1. The number of hydrogen-bond donors (Lipinski definition) is 1. The van der Waals surface area contributed by atoms with Crippen LogP contribution in [0.15, 0.2) is 24.8 Å². The maximum absolute atomic E-state index is 8.87. The normalized spacial score (nSPS) is 11.1. The number of hydrogen-bond acceptors (Lipinski definition) is 3. The monoisotopic (exact) mass is 262 g/mol. The van der Waals surface area contributed by atoms with Crippen LogP contribution in [0.4, 0.5) is 0 Å². The van der Waals surface area contributed by atoms with E-state index in [1.807, 2.05) is 23.3 Å². The number of aliphatic hydroxyl groups is 1. The second kappa shape index (κ2) is 7.09. The summed E-state index contributed by atoms with van der Waals surface area (Å²) in [6.07, 6.45) is 12.7. The minimum absolute atomic E-state index is 0.109. The van der Waals surface area contributed by atoms with Crippen molar-refractivity contribution in [1.29, 1.82) is 0 Å². The van der Waals surface area contributed by atoms with Crippen molar-refractivity contribution in [1.82, 2.24) is 19.6 Å². The van der Waals surface area contributed by atoms with E-state index in [9.17, 15) is 0 Å². The van der Waals surface area contributed by atoms with Crippen molar-refractivity contribution in [3.05, 3.63) is 24.8 Å². The van der Waals surface area contributed by atoms with Crippen LogP contribution in [0.1, 0.15) is 32.6 Å². The third-order valence-corrected chi connectivity index (χ3v) is 3.17.